The Bertz CT molecular complexity index is 517. The van der Waals surface area contributed by atoms with Crippen molar-refractivity contribution in [3.63, 3.8) is 0 Å². The van der Waals surface area contributed by atoms with Gasteiger partial charge in [0.25, 0.3) is 0 Å². The van der Waals surface area contributed by atoms with Crippen molar-refractivity contribution in [1.29, 1.82) is 0 Å². The zero-order valence-electron chi connectivity index (χ0n) is 13.6. The summed E-state index contributed by atoms with van der Waals surface area (Å²) in [5, 5.41) is 3.42. The number of rotatable bonds is 3. The van der Waals surface area contributed by atoms with E-state index in [4.69, 9.17) is 0 Å². The summed E-state index contributed by atoms with van der Waals surface area (Å²) in [5.74, 6) is 0.255. The van der Waals surface area contributed by atoms with Crippen molar-refractivity contribution in [3.05, 3.63) is 35.4 Å². The molecule has 0 radical (unpaired) electrons. The van der Waals surface area contributed by atoms with E-state index in [1.54, 1.807) is 0 Å². The zero-order valence-corrected chi connectivity index (χ0v) is 13.6. The summed E-state index contributed by atoms with van der Waals surface area (Å²) in [6.07, 6.45) is 3.29. The molecule has 1 aromatic rings. The molecule has 1 unspecified atom stereocenters. The first-order chi connectivity index (χ1) is 10.8. The van der Waals surface area contributed by atoms with Gasteiger partial charge in [-0.05, 0) is 43.5 Å². The van der Waals surface area contributed by atoms with E-state index in [1.807, 2.05) is 6.07 Å². The maximum Gasteiger partial charge on any atom is 0.244 e. The predicted octanol–water partition coefficient (Wildman–Crippen LogP) is 1.82. The molecule has 4 nitrogen and oxygen atoms in total. The highest BCUT2D eigenvalue weighted by Gasteiger charge is 2.30. The molecular formula is C18H27N3O. The predicted molar refractivity (Wildman–Crippen MR) is 88.8 cm³/mol. The van der Waals surface area contributed by atoms with Crippen LogP contribution in [0, 0.1) is 0 Å². The first-order valence-electron chi connectivity index (χ1n) is 8.62. The van der Waals surface area contributed by atoms with Gasteiger partial charge in [0.1, 0.15) is 6.04 Å². The second-order valence-corrected chi connectivity index (χ2v) is 6.36. The van der Waals surface area contributed by atoms with Crippen molar-refractivity contribution in [3.8, 4) is 0 Å². The van der Waals surface area contributed by atoms with Crippen LogP contribution in [0.5, 0.6) is 0 Å². The normalized spacial score (nSPS) is 23.0. The van der Waals surface area contributed by atoms with Gasteiger partial charge in [-0.15, -0.1) is 0 Å². The molecule has 1 atom stereocenters. The number of fused-ring (bicyclic) bond motifs is 1. The highest BCUT2D eigenvalue weighted by Crippen LogP contribution is 2.24. The first-order valence-corrected chi connectivity index (χ1v) is 8.62. The van der Waals surface area contributed by atoms with Crippen molar-refractivity contribution in [2.75, 3.05) is 39.3 Å². The van der Waals surface area contributed by atoms with E-state index in [0.717, 1.165) is 52.1 Å². The van der Waals surface area contributed by atoms with Gasteiger partial charge in [0, 0.05) is 26.2 Å². The van der Waals surface area contributed by atoms with Crippen LogP contribution < -0.4 is 5.32 Å². The minimum atomic E-state index is -0.150. The smallest absolute Gasteiger partial charge is 0.244 e. The van der Waals surface area contributed by atoms with Crippen LogP contribution in [0.25, 0.3) is 0 Å². The minimum absolute atomic E-state index is 0.150. The van der Waals surface area contributed by atoms with Gasteiger partial charge in [-0.1, -0.05) is 31.2 Å². The monoisotopic (exact) mass is 301 g/mol. The van der Waals surface area contributed by atoms with Crippen molar-refractivity contribution in [1.82, 2.24) is 15.1 Å². The van der Waals surface area contributed by atoms with Gasteiger partial charge in [-0.2, -0.15) is 0 Å². The van der Waals surface area contributed by atoms with Gasteiger partial charge in [0.2, 0.25) is 5.91 Å². The first kappa shape index (κ1) is 15.5. The van der Waals surface area contributed by atoms with Gasteiger partial charge >= 0.3 is 0 Å². The largest absolute Gasteiger partial charge is 0.340 e. The molecule has 1 aromatic carbocycles. The Labute approximate surface area is 133 Å². The summed E-state index contributed by atoms with van der Waals surface area (Å²) in [4.78, 5) is 17.5. The van der Waals surface area contributed by atoms with E-state index in [0.29, 0.717) is 0 Å². The summed E-state index contributed by atoms with van der Waals surface area (Å²) in [5.41, 5.74) is 2.50. The average molecular weight is 301 g/mol. The second kappa shape index (κ2) is 7.25. The van der Waals surface area contributed by atoms with Crippen LogP contribution in [-0.2, 0) is 11.2 Å². The summed E-state index contributed by atoms with van der Waals surface area (Å²) in [6, 6.07) is 8.22. The molecular weight excluding hydrogens is 274 g/mol. The summed E-state index contributed by atoms with van der Waals surface area (Å²) in [6.45, 7) is 8.13. The third kappa shape index (κ3) is 3.33. The lowest BCUT2D eigenvalue weighted by Crippen LogP contribution is -2.45. The fraction of sp³-hybridized carbons (Fsp3) is 0.611. The molecule has 3 rings (SSSR count). The lowest BCUT2D eigenvalue weighted by molar-refractivity contribution is -0.133. The van der Waals surface area contributed by atoms with Crippen LogP contribution in [0.2, 0.25) is 0 Å². The molecule has 0 spiro atoms. The molecule has 0 bridgehead atoms. The Kier molecular flexibility index (Phi) is 5.11. The molecule has 1 fully saturated rings. The fourth-order valence-corrected chi connectivity index (χ4v) is 3.64. The van der Waals surface area contributed by atoms with Crippen molar-refractivity contribution in [2.24, 2.45) is 0 Å². The van der Waals surface area contributed by atoms with Crippen LogP contribution in [0.3, 0.4) is 0 Å². The third-order valence-corrected chi connectivity index (χ3v) is 4.80. The number of nitrogens with one attached hydrogen (secondary N) is 1. The van der Waals surface area contributed by atoms with Crippen LogP contribution >= 0.6 is 0 Å². The van der Waals surface area contributed by atoms with Crippen molar-refractivity contribution >= 4 is 5.91 Å². The summed E-state index contributed by atoms with van der Waals surface area (Å²) in [7, 11) is 0. The maximum absolute atomic E-state index is 13.0. The Hall–Kier alpha value is -1.39. The van der Waals surface area contributed by atoms with E-state index >= 15 is 0 Å². The average Bonchev–Trinajstić information content (AvgIpc) is 2.80. The Morgan fingerprint density at radius 2 is 2.09 bits per heavy atom. The quantitative estimate of drug-likeness (QED) is 0.925. The standard InChI is InChI=1S/C18H27N3O/c1-2-10-20-11-5-12-21(14-13-20)18(22)17-16-7-4-3-6-15(16)8-9-19-17/h3-4,6-7,17,19H,2,5,8-14H2,1H3. The van der Waals surface area contributed by atoms with E-state index in [9.17, 15) is 4.79 Å². The van der Waals surface area contributed by atoms with Crippen LogP contribution in [0.4, 0.5) is 0 Å². The number of hydrogen-bond donors (Lipinski definition) is 1. The van der Waals surface area contributed by atoms with Crippen molar-refractivity contribution < 1.29 is 4.79 Å². The molecule has 22 heavy (non-hydrogen) atoms. The topological polar surface area (TPSA) is 35.6 Å². The summed E-state index contributed by atoms with van der Waals surface area (Å²) < 4.78 is 0. The summed E-state index contributed by atoms with van der Waals surface area (Å²) >= 11 is 0. The van der Waals surface area contributed by atoms with Crippen LogP contribution in [0.15, 0.2) is 24.3 Å². The molecule has 4 heteroatoms. The van der Waals surface area contributed by atoms with Crippen LogP contribution in [-0.4, -0.2) is 55.0 Å². The lowest BCUT2D eigenvalue weighted by Gasteiger charge is -2.31. The number of carbonyl (C=O) groups is 1. The van der Waals surface area contributed by atoms with E-state index in [-0.39, 0.29) is 11.9 Å². The molecule has 1 N–H and O–H groups in total. The van der Waals surface area contributed by atoms with Gasteiger partial charge in [0.15, 0.2) is 0 Å². The van der Waals surface area contributed by atoms with Crippen molar-refractivity contribution in [2.45, 2.75) is 32.2 Å². The number of nitrogens with zero attached hydrogens (tertiary/aromatic N) is 2. The lowest BCUT2D eigenvalue weighted by atomic mass is 9.93. The third-order valence-electron chi connectivity index (χ3n) is 4.80. The highest BCUT2D eigenvalue weighted by molar-refractivity contribution is 5.84. The Balaban J connectivity index is 1.69. The molecule has 1 saturated heterocycles. The fourth-order valence-electron chi connectivity index (χ4n) is 3.64. The van der Waals surface area contributed by atoms with Crippen LogP contribution in [0.1, 0.15) is 36.9 Å². The molecule has 1 amide bonds. The molecule has 120 valence electrons. The molecule has 2 aliphatic heterocycles. The number of hydrogen-bond acceptors (Lipinski definition) is 3. The SMILES string of the molecule is CCCN1CCCN(C(=O)C2NCCc3ccccc32)CC1. The highest BCUT2D eigenvalue weighted by atomic mass is 16.2. The molecule has 2 aliphatic rings. The van der Waals surface area contributed by atoms with Gasteiger partial charge in [-0.25, -0.2) is 0 Å². The zero-order chi connectivity index (χ0) is 15.4. The van der Waals surface area contributed by atoms with Gasteiger partial charge < -0.3 is 15.1 Å². The van der Waals surface area contributed by atoms with E-state index in [1.165, 1.54) is 17.5 Å². The minimum Gasteiger partial charge on any atom is -0.340 e. The number of benzene rings is 1. The number of carbonyl (C=O) groups excluding carboxylic acids is 1. The molecule has 2 heterocycles. The Morgan fingerprint density at radius 1 is 1.23 bits per heavy atom. The molecule has 0 aliphatic carbocycles. The van der Waals surface area contributed by atoms with Gasteiger partial charge in [0.05, 0.1) is 0 Å². The number of amides is 1. The molecule has 0 aromatic heterocycles. The molecule has 0 saturated carbocycles. The van der Waals surface area contributed by atoms with E-state index in [2.05, 4.69) is 40.2 Å². The van der Waals surface area contributed by atoms with E-state index < -0.39 is 0 Å². The maximum atomic E-state index is 13.0. The second-order valence-electron chi connectivity index (χ2n) is 6.36. The van der Waals surface area contributed by atoms with Gasteiger partial charge in [-0.3, -0.25) is 4.79 Å². The Morgan fingerprint density at radius 3 is 2.95 bits per heavy atom.